The molecule has 2 N–H and O–H groups in total. The molecule has 0 radical (unpaired) electrons. The molecule has 5 heteroatoms. The number of hydrogen-bond acceptors (Lipinski definition) is 4. The van der Waals surface area contributed by atoms with Gasteiger partial charge in [0.05, 0.1) is 5.69 Å². The molecule has 2 aromatic carbocycles. The van der Waals surface area contributed by atoms with E-state index in [1.165, 1.54) is 0 Å². The number of hydrogen-bond donors (Lipinski definition) is 2. The summed E-state index contributed by atoms with van der Waals surface area (Å²) in [5.41, 5.74) is 2.85. The highest BCUT2D eigenvalue weighted by Gasteiger charge is 2.09. The smallest absolute Gasteiger partial charge is 0.225 e. The molecule has 0 aliphatic carbocycles. The number of benzene rings is 2. The minimum absolute atomic E-state index is 0.300. The first kappa shape index (κ1) is 17.2. The third-order valence-electron chi connectivity index (χ3n) is 3.90. The quantitative estimate of drug-likeness (QED) is 0.593. The van der Waals surface area contributed by atoms with Crippen LogP contribution in [-0.4, -0.2) is 16.0 Å². The molecule has 0 spiro atoms. The highest BCUT2D eigenvalue weighted by molar-refractivity contribution is 6.30. The molecule has 1 atom stereocenters. The van der Waals surface area contributed by atoms with Crippen LogP contribution in [-0.2, 0) is 0 Å². The first-order valence-electron chi connectivity index (χ1n) is 8.37. The summed E-state index contributed by atoms with van der Waals surface area (Å²) in [7, 11) is 0. The molecule has 25 heavy (non-hydrogen) atoms. The van der Waals surface area contributed by atoms with E-state index in [1.54, 1.807) is 0 Å². The van der Waals surface area contributed by atoms with Gasteiger partial charge in [-0.05, 0) is 37.6 Å². The van der Waals surface area contributed by atoms with Gasteiger partial charge >= 0.3 is 0 Å². The fraction of sp³-hybridized carbons (Fsp3) is 0.200. The summed E-state index contributed by atoms with van der Waals surface area (Å²) in [6.07, 6.45) is 0.999. The molecular formula is C20H21ClN4. The van der Waals surface area contributed by atoms with Crippen molar-refractivity contribution < 1.29 is 0 Å². The molecule has 0 aliphatic rings. The summed E-state index contributed by atoms with van der Waals surface area (Å²) in [4.78, 5) is 9.26. The zero-order valence-corrected chi connectivity index (χ0v) is 15.1. The number of anilines is 3. The van der Waals surface area contributed by atoms with Crippen LogP contribution in [0.5, 0.6) is 0 Å². The SMILES string of the molecule is CC[C@@H](C)Nc1nc(Nc2ccc(Cl)cc2)cc(-c2ccccc2)n1. The molecule has 128 valence electrons. The van der Waals surface area contributed by atoms with Crippen LogP contribution in [0.1, 0.15) is 20.3 Å². The van der Waals surface area contributed by atoms with Gasteiger partial charge in [0.2, 0.25) is 5.95 Å². The highest BCUT2D eigenvalue weighted by atomic mass is 35.5. The second-order valence-corrected chi connectivity index (χ2v) is 6.35. The first-order chi connectivity index (χ1) is 12.1. The van der Waals surface area contributed by atoms with Gasteiger partial charge in [-0.1, -0.05) is 48.9 Å². The minimum atomic E-state index is 0.300. The van der Waals surface area contributed by atoms with E-state index in [1.807, 2.05) is 60.7 Å². The van der Waals surface area contributed by atoms with Gasteiger partial charge < -0.3 is 10.6 Å². The molecule has 0 unspecified atom stereocenters. The third-order valence-corrected chi connectivity index (χ3v) is 4.15. The second kappa shape index (κ2) is 7.99. The van der Waals surface area contributed by atoms with Crippen molar-refractivity contribution in [2.75, 3.05) is 10.6 Å². The van der Waals surface area contributed by atoms with Gasteiger partial charge in [0, 0.05) is 28.4 Å². The van der Waals surface area contributed by atoms with Gasteiger partial charge in [-0.2, -0.15) is 4.98 Å². The normalized spacial score (nSPS) is 11.8. The van der Waals surface area contributed by atoms with Crippen molar-refractivity contribution >= 4 is 29.1 Å². The largest absolute Gasteiger partial charge is 0.352 e. The Labute approximate surface area is 153 Å². The van der Waals surface area contributed by atoms with Crippen LogP contribution in [0.3, 0.4) is 0 Å². The summed E-state index contributed by atoms with van der Waals surface area (Å²) in [6.45, 7) is 4.25. The lowest BCUT2D eigenvalue weighted by Crippen LogP contribution is -2.16. The van der Waals surface area contributed by atoms with Crippen molar-refractivity contribution in [2.45, 2.75) is 26.3 Å². The van der Waals surface area contributed by atoms with Gasteiger partial charge in [-0.25, -0.2) is 4.98 Å². The van der Waals surface area contributed by atoms with Crippen LogP contribution < -0.4 is 10.6 Å². The van der Waals surface area contributed by atoms with Crippen LogP contribution in [0.15, 0.2) is 60.7 Å². The van der Waals surface area contributed by atoms with E-state index in [9.17, 15) is 0 Å². The Morgan fingerprint density at radius 2 is 1.72 bits per heavy atom. The maximum atomic E-state index is 5.95. The molecular weight excluding hydrogens is 332 g/mol. The predicted octanol–water partition coefficient (Wildman–Crippen LogP) is 5.75. The number of halogens is 1. The molecule has 0 bridgehead atoms. The average Bonchev–Trinajstić information content (AvgIpc) is 2.64. The summed E-state index contributed by atoms with van der Waals surface area (Å²) in [6, 6.07) is 19.9. The fourth-order valence-corrected chi connectivity index (χ4v) is 2.46. The molecule has 0 saturated heterocycles. The Bertz CT molecular complexity index is 819. The van der Waals surface area contributed by atoms with E-state index in [4.69, 9.17) is 11.6 Å². The predicted molar refractivity (Wildman–Crippen MR) is 106 cm³/mol. The molecule has 0 aliphatic heterocycles. The van der Waals surface area contributed by atoms with Gasteiger partial charge in [-0.15, -0.1) is 0 Å². The molecule has 3 aromatic rings. The lowest BCUT2D eigenvalue weighted by molar-refractivity contribution is 0.753. The van der Waals surface area contributed by atoms with E-state index in [0.29, 0.717) is 17.0 Å². The maximum Gasteiger partial charge on any atom is 0.225 e. The van der Waals surface area contributed by atoms with E-state index in [0.717, 1.165) is 29.2 Å². The van der Waals surface area contributed by atoms with E-state index in [2.05, 4.69) is 34.4 Å². The molecule has 3 rings (SSSR count). The second-order valence-electron chi connectivity index (χ2n) is 5.91. The Kier molecular flexibility index (Phi) is 5.51. The van der Waals surface area contributed by atoms with Gasteiger partial charge in [0.25, 0.3) is 0 Å². The van der Waals surface area contributed by atoms with Crippen LogP contribution in [0.2, 0.25) is 5.02 Å². The molecule has 0 fully saturated rings. The summed E-state index contributed by atoms with van der Waals surface area (Å²) < 4.78 is 0. The van der Waals surface area contributed by atoms with Crippen molar-refractivity contribution in [3.05, 3.63) is 65.7 Å². The molecule has 4 nitrogen and oxygen atoms in total. The standard InChI is InChI=1S/C20H21ClN4/c1-3-14(2)22-20-24-18(15-7-5-4-6-8-15)13-19(25-20)23-17-11-9-16(21)10-12-17/h4-14H,3H2,1-2H3,(H2,22,23,24,25)/t14-/m1/s1. The Hall–Kier alpha value is -2.59. The number of rotatable bonds is 6. The monoisotopic (exact) mass is 352 g/mol. The maximum absolute atomic E-state index is 5.95. The number of nitrogens with one attached hydrogen (secondary N) is 2. The van der Waals surface area contributed by atoms with E-state index < -0.39 is 0 Å². The summed E-state index contributed by atoms with van der Waals surface area (Å²) in [5, 5.41) is 7.38. The number of nitrogens with zero attached hydrogens (tertiary/aromatic N) is 2. The van der Waals surface area contributed by atoms with Crippen LogP contribution in [0.4, 0.5) is 17.5 Å². The van der Waals surface area contributed by atoms with Gasteiger partial charge in [0.15, 0.2) is 0 Å². The fourth-order valence-electron chi connectivity index (χ4n) is 2.34. The van der Waals surface area contributed by atoms with Crippen LogP contribution in [0, 0.1) is 0 Å². The Morgan fingerprint density at radius 3 is 2.40 bits per heavy atom. The van der Waals surface area contributed by atoms with Gasteiger partial charge in [0.1, 0.15) is 5.82 Å². The van der Waals surface area contributed by atoms with Crippen LogP contribution in [0.25, 0.3) is 11.3 Å². The lowest BCUT2D eigenvalue weighted by atomic mass is 10.1. The molecule has 0 saturated carbocycles. The van der Waals surface area contributed by atoms with Crippen molar-refractivity contribution in [3.8, 4) is 11.3 Å². The van der Waals surface area contributed by atoms with E-state index in [-0.39, 0.29) is 0 Å². The highest BCUT2D eigenvalue weighted by Crippen LogP contribution is 2.24. The van der Waals surface area contributed by atoms with Crippen molar-refractivity contribution in [2.24, 2.45) is 0 Å². The Balaban J connectivity index is 1.95. The van der Waals surface area contributed by atoms with E-state index >= 15 is 0 Å². The average molecular weight is 353 g/mol. The van der Waals surface area contributed by atoms with Gasteiger partial charge in [-0.3, -0.25) is 0 Å². The summed E-state index contributed by atoms with van der Waals surface area (Å²) >= 11 is 5.95. The first-order valence-corrected chi connectivity index (χ1v) is 8.75. The van der Waals surface area contributed by atoms with Crippen molar-refractivity contribution in [1.82, 2.24) is 9.97 Å². The van der Waals surface area contributed by atoms with Crippen molar-refractivity contribution in [3.63, 3.8) is 0 Å². The Morgan fingerprint density at radius 1 is 1.00 bits per heavy atom. The molecule has 0 amide bonds. The topological polar surface area (TPSA) is 49.8 Å². The third kappa shape index (κ3) is 4.70. The zero-order chi connectivity index (χ0) is 17.6. The minimum Gasteiger partial charge on any atom is -0.352 e. The molecule has 1 heterocycles. The summed E-state index contributed by atoms with van der Waals surface area (Å²) in [5.74, 6) is 1.36. The van der Waals surface area contributed by atoms with Crippen LogP contribution >= 0.6 is 11.6 Å². The number of aromatic nitrogens is 2. The lowest BCUT2D eigenvalue weighted by Gasteiger charge is -2.14. The van der Waals surface area contributed by atoms with Crippen molar-refractivity contribution in [1.29, 1.82) is 0 Å². The zero-order valence-electron chi connectivity index (χ0n) is 14.3. The molecule has 1 aromatic heterocycles.